The van der Waals surface area contributed by atoms with Gasteiger partial charge in [0.15, 0.2) is 6.35 Å². The Morgan fingerprint density at radius 2 is 2.20 bits per heavy atom. The molecule has 2 atom stereocenters. The van der Waals surface area contributed by atoms with Gasteiger partial charge in [0.05, 0.1) is 19.0 Å². The van der Waals surface area contributed by atoms with E-state index in [9.17, 15) is 9.46 Å². The van der Waals surface area contributed by atoms with E-state index in [0.717, 1.165) is 5.82 Å². The molecule has 10 heteroatoms. The van der Waals surface area contributed by atoms with Crippen molar-refractivity contribution in [3.8, 4) is 5.75 Å². The number of para-hydroxylation sites is 1. The molecule has 0 bridgehead atoms. The van der Waals surface area contributed by atoms with Crippen LogP contribution in [0.4, 0.5) is 5.82 Å². The lowest BCUT2D eigenvalue weighted by Crippen LogP contribution is -2.25. The van der Waals surface area contributed by atoms with Crippen LogP contribution in [-0.2, 0) is 15.8 Å². The van der Waals surface area contributed by atoms with Crippen LogP contribution in [0.5, 0.6) is 5.75 Å². The van der Waals surface area contributed by atoms with Crippen molar-refractivity contribution in [2.45, 2.75) is 19.6 Å². The number of anilines is 1. The maximum absolute atomic E-state index is 12.1. The van der Waals surface area contributed by atoms with Crippen molar-refractivity contribution in [2.24, 2.45) is 10.7 Å². The Labute approximate surface area is 145 Å². The average molecular weight is 365 g/mol. The predicted molar refractivity (Wildman–Crippen MR) is 93.8 cm³/mol. The van der Waals surface area contributed by atoms with Crippen molar-refractivity contribution in [3.05, 3.63) is 42.4 Å². The number of rotatable bonds is 7. The van der Waals surface area contributed by atoms with Crippen LogP contribution in [0.25, 0.3) is 0 Å². The van der Waals surface area contributed by atoms with E-state index in [1.807, 2.05) is 4.57 Å². The van der Waals surface area contributed by atoms with Gasteiger partial charge in [-0.25, -0.2) is 14.5 Å². The number of amidine groups is 1. The van der Waals surface area contributed by atoms with E-state index in [4.69, 9.17) is 15.0 Å². The summed E-state index contributed by atoms with van der Waals surface area (Å²) in [6.45, 7) is 2.62. The first kappa shape index (κ1) is 17.5. The summed E-state index contributed by atoms with van der Waals surface area (Å²) in [4.78, 5) is 18.2. The third-order valence-electron chi connectivity index (χ3n) is 3.54. The number of aromatic nitrogens is 2. The fourth-order valence-electron chi connectivity index (χ4n) is 2.39. The number of imidazole rings is 1. The Hall–Kier alpha value is -2.35. The highest BCUT2D eigenvalue weighted by Crippen LogP contribution is 2.42. The Morgan fingerprint density at radius 3 is 2.96 bits per heavy atom. The quantitative estimate of drug-likeness (QED) is 0.637. The molecule has 1 aliphatic heterocycles. The van der Waals surface area contributed by atoms with E-state index in [1.54, 1.807) is 43.6 Å². The number of nitrogens with one attached hydrogen (secondary N) is 1. The predicted octanol–water partition coefficient (Wildman–Crippen LogP) is 1.60. The van der Waals surface area contributed by atoms with Crippen molar-refractivity contribution < 1.29 is 18.7 Å². The monoisotopic (exact) mass is 365 g/mol. The molecule has 4 N–H and O–H groups in total. The van der Waals surface area contributed by atoms with E-state index in [0.29, 0.717) is 30.5 Å². The van der Waals surface area contributed by atoms with Gasteiger partial charge in [0, 0.05) is 0 Å². The lowest BCUT2D eigenvalue weighted by molar-refractivity contribution is 0.0769. The SMILES string of the molecule is C[C@H](Cn1cnc2c1NCN=C2N)OCP(=O)(O)Oc1ccccc1. The second-order valence-corrected chi connectivity index (χ2v) is 7.34. The normalized spacial score (nSPS) is 17.0. The molecule has 0 saturated heterocycles. The molecule has 1 aliphatic rings. The number of benzene rings is 1. The maximum Gasteiger partial charge on any atom is 0.402 e. The fourth-order valence-corrected chi connectivity index (χ4v) is 3.34. The van der Waals surface area contributed by atoms with Crippen molar-refractivity contribution in [1.82, 2.24) is 9.55 Å². The van der Waals surface area contributed by atoms with E-state index >= 15 is 0 Å². The number of hydrogen-bond donors (Lipinski definition) is 3. The summed E-state index contributed by atoms with van der Waals surface area (Å²) >= 11 is 0. The minimum absolute atomic E-state index is 0.326. The Kier molecular flexibility index (Phi) is 5.08. The van der Waals surface area contributed by atoms with Crippen LogP contribution < -0.4 is 15.6 Å². The molecule has 0 spiro atoms. The largest absolute Gasteiger partial charge is 0.423 e. The molecule has 134 valence electrons. The maximum atomic E-state index is 12.1. The number of hydrogen-bond acceptors (Lipinski definition) is 7. The van der Waals surface area contributed by atoms with Gasteiger partial charge >= 0.3 is 7.60 Å². The minimum Gasteiger partial charge on any atom is -0.423 e. The first-order valence-corrected chi connectivity index (χ1v) is 9.48. The van der Waals surface area contributed by atoms with Gasteiger partial charge in [0.2, 0.25) is 0 Å². The molecular formula is C15H20N5O4P. The second kappa shape index (κ2) is 7.26. The van der Waals surface area contributed by atoms with Crippen LogP contribution in [-0.4, -0.2) is 39.4 Å². The fraction of sp³-hybridized carbons (Fsp3) is 0.333. The molecule has 2 heterocycles. The van der Waals surface area contributed by atoms with Crippen LogP contribution in [0.3, 0.4) is 0 Å². The van der Waals surface area contributed by atoms with E-state index in [-0.39, 0.29) is 6.10 Å². The number of nitrogens with zero attached hydrogens (tertiary/aromatic N) is 3. The van der Waals surface area contributed by atoms with Crippen molar-refractivity contribution in [3.63, 3.8) is 0 Å². The number of ether oxygens (including phenoxy) is 1. The number of aliphatic imine (C=N–C) groups is 1. The molecule has 3 rings (SSSR count). The topological polar surface area (TPSA) is 124 Å². The molecule has 0 aliphatic carbocycles. The molecule has 0 amide bonds. The molecule has 1 unspecified atom stereocenters. The number of nitrogens with two attached hydrogens (primary N) is 1. The zero-order valence-electron chi connectivity index (χ0n) is 13.7. The van der Waals surface area contributed by atoms with Crippen LogP contribution in [0.15, 0.2) is 41.7 Å². The van der Waals surface area contributed by atoms with Crippen LogP contribution in [0, 0.1) is 0 Å². The van der Waals surface area contributed by atoms with Crippen molar-refractivity contribution in [1.29, 1.82) is 0 Å². The number of fused-ring (bicyclic) bond motifs is 1. The Morgan fingerprint density at radius 1 is 1.44 bits per heavy atom. The standard InChI is InChI=1S/C15H20N5O4P/c1-11(7-20-9-19-13-14(16)17-8-18-15(13)20)23-10-25(21,22)24-12-5-3-2-4-6-12/h2-6,9,11,18H,7-8,10H2,1H3,(H2,16,17)(H,21,22)/t11-/m1/s1. The molecule has 1 aromatic carbocycles. The molecule has 1 aromatic heterocycles. The van der Waals surface area contributed by atoms with E-state index < -0.39 is 13.9 Å². The van der Waals surface area contributed by atoms with Gasteiger partial charge in [-0.1, -0.05) is 18.2 Å². The summed E-state index contributed by atoms with van der Waals surface area (Å²) < 4.78 is 24.6. The summed E-state index contributed by atoms with van der Waals surface area (Å²) in [5.41, 5.74) is 6.39. The van der Waals surface area contributed by atoms with Crippen molar-refractivity contribution in [2.75, 3.05) is 18.3 Å². The van der Waals surface area contributed by atoms with Crippen molar-refractivity contribution >= 4 is 19.2 Å². The van der Waals surface area contributed by atoms with Gasteiger partial charge in [0.25, 0.3) is 0 Å². The van der Waals surface area contributed by atoms with Gasteiger partial charge in [0.1, 0.15) is 29.8 Å². The summed E-state index contributed by atoms with van der Waals surface area (Å²) in [5, 5.41) is 3.10. The molecule has 0 radical (unpaired) electrons. The highest BCUT2D eigenvalue weighted by Gasteiger charge is 2.24. The van der Waals surface area contributed by atoms with Gasteiger partial charge in [-0.05, 0) is 19.1 Å². The van der Waals surface area contributed by atoms with Gasteiger partial charge in [-0.2, -0.15) is 0 Å². The summed E-state index contributed by atoms with van der Waals surface area (Å²) in [6.07, 6.45) is 0.890. The summed E-state index contributed by atoms with van der Waals surface area (Å²) in [7, 11) is -3.89. The highest BCUT2D eigenvalue weighted by molar-refractivity contribution is 7.53. The Bertz CT molecular complexity index is 808. The van der Waals surface area contributed by atoms with E-state index in [1.165, 1.54) is 0 Å². The summed E-state index contributed by atoms with van der Waals surface area (Å²) in [5.74, 6) is 1.47. The average Bonchev–Trinajstić information content (AvgIpc) is 2.98. The van der Waals surface area contributed by atoms with Gasteiger partial charge in [-0.3, -0.25) is 0 Å². The molecule has 9 nitrogen and oxygen atoms in total. The highest BCUT2D eigenvalue weighted by atomic mass is 31.2. The zero-order chi connectivity index (χ0) is 17.9. The molecule has 25 heavy (non-hydrogen) atoms. The lowest BCUT2D eigenvalue weighted by Gasteiger charge is -2.19. The third-order valence-corrected chi connectivity index (χ3v) is 4.51. The first-order chi connectivity index (χ1) is 11.9. The van der Waals surface area contributed by atoms with Crippen LogP contribution in [0.1, 0.15) is 12.6 Å². The molecule has 2 aromatic rings. The lowest BCUT2D eigenvalue weighted by atomic mass is 10.3. The molecule has 0 saturated carbocycles. The third kappa shape index (κ3) is 4.39. The second-order valence-electron chi connectivity index (χ2n) is 5.62. The van der Waals surface area contributed by atoms with Gasteiger partial charge in [-0.15, -0.1) is 0 Å². The first-order valence-electron chi connectivity index (χ1n) is 7.72. The Balaban J connectivity index is 1.56. The zero-order valence-corrected chi connectivity index (χ0v) is 14.6. The van der Waals surface area contributed by atoms with Crippen LogP contribution >= 0.6 is 7.60 Å². The minimum atomic E-state index is -3.89. The smallest absolute Gasteiger partial charge is 0.402 e. The van der Waals surface area contributed by atoms with Gasteiger partial charge < -0.3 is 29.8 Å². The summed E-state index contributed by atoms with van der Waals surface area (Å²) in [6, 6.07) is 8.47. The van der Waals surface area contributed by atoms with E-state index in [2.05, 4.69) is 15.3 Å². The van der Waals surface area contributed by atoms with Crippen LogP contribution in [0.2, 0.25) is 0 Å². The molecular weight excluding hydrogens is 345 g/mol. The molecule has 0 fully saturated rings.